The van der Waals surface area contributed by atoms with Gasteiger partial charge in [-0.25, -0.2) is 0 Å². The van der Waals surface area contributed by atoms with E-state index in [1.807, 2.05) is 13.8 Å². The molecule has 2 heterocycles. The second-order valence-corrected chi connectivity index (χ2v) is 6.10. The fraction of sp³-hybridized carbons (Fsp3) is 0.294. The van der Waals surface area contributed by atoms with Crippen LogP contribution in [0.25, 0.3) is 0 Å². The molecule has 3 nitrogen and oxygen atoms in total. The summed E-state index contributed by atoms with van der Waals surface area (Å²) in [6.45, 7) is 6.21. The first-order valence-corrected chi connectivity index (χ1v) is 7.55. The van der Waals surface area contributed by atoms with Gasteiger partial charge >= 0.3 is 0 Å². The minimum Gasteiger partial charge on any atom is -0.389 e. The van der Waals surface area contributed by atoms with Crippen molar-refractivity contribution in [2.75, 3.05) is 4.90 Å². The number of pyridine rings is 1. The van der Waals surface area contributed by atoms with Crippen molar-refractivity contribution in [2.24, 2.45) is 5.73 Å². The predicted molar refractivity (Wildman–Crippen MR) is 91.3 cm³/mol. The summed E-state index contributed by atoms with van der Waals surface area (Å²) in [5.41, 5.74) is 12.4. The van der Waals surface area contributed by atoms with Crippen molar-refractivity contribution in [2.45, 2.75) is 33.2 Å². The number of para-hydroxylation sites is 1. The minimum atomic E-state index is 0.386. The summed E-state index contributed by atoms with van der Waals surface area (Å²) in [5, 5.41) is 0. The van der Waals surface area contributed by atoms with E-state index in [1.165, 1.54) is 11.3 Å². The fourth-order valence-electron chi connectivity index (χ4n) is 3.24. The summed E-state index contributed by atoms with van der Waals surface area (Å²) < 4.78 is 0. The van der Waals surface area contributed by atoms with Crippen molar-refractivity contribution >= 4 is 28.6 Å². The molecule has 3 rings (SSSR count). The molecule has 0 fully saturated rings. The highest BCUT2D eigenvalue weighted by molar-refractivity contribution is 7.80. The fourth-order valence-corrected chi connectivity index (χ4v) is 3.49. The predicted octanol–water partition coefficient (Wildman–Crippen LogP) is 3.42. The van der Waals surface area contributed by atoms with Crippen LogP contribution in [0.1, 0.15) is 29.4 Å². The lowest BCUT2D eigenvalue weighted by atomic mass is 10.1. The summed E-state index contributed by atoms with van der Waals surface area (Å²) in [4.78, 5) is 7.26. The molecule has 4 heteroatoms. The Kier molecular flexibility index (Phi) is 3.41. The van der Waals surface area contributed by atoms with Crippen LogP contribution in [0, 0.1) is 13.8 Å². The number of anilines is 2. The lowest BCUT2D eigenvalue weighted by molar-refractivity contribution is 0.757. The molecule has 2 N–H and O–H groups in total. The van der Waals surface area contributed by atoms with Crippen molar-refractivity contribution in [3.8, 4) is 0 Å². The second kappa shape index (κ2) is 5.11. The molecule has 1 aromatic carbocycles. The quantitative estimate of drug-likeness (QED) is 0.863. The SMILES string of the molecule is Cc1cc(N2c3ccccc3CC2C)c(C(N)=S)c(C)n1. The van der Waals surface area contributed by atoms with Crippen LogP contribution in [-0.4, -0.2) is 16.0 Å². The number of benzene rings is 1. The van der Waals surface area contributed by atoms with Crippen LogP contribution in [0.2, 0.25) is 0 Å². The van der Waals surface area contributed by atoms with Crippen LogP contribution < -0.4 is 10.6 Å². The summed E-state index contributed by atoms with van der Waals surface area (Å²) in [6.07, 6.45) is 1.04. The summed E-state index contributed by atoms with van der Waals surface area (Å²) in [6, 6.07) is 11.0. The number of aryl methyl sites for hydroxylation is 2. The molecule has 0 saturated heterocycles. The van der Waals surface area contributed by atoms with E-state index < -0.39 is 0 Å². The number of hydrogen-bond acceptors (Lipinski definition) is 3. The van der Waals surface area contributed by atoms with Gasteiger partial charge in [0.1, 0.15) is 4.99 Å². The van der Waals surface area contributed by atoms with Crippen LogP contribution in [0.5, 0.6) is 0 Å². The highest BCUT2D eigenvalue weighted by atomic mass is 32.1. The number of rotatable bonds is 2. The van der Waals surface area contributed by atoms with Crippen LogP contribution in [0.3, 0.4) is 0 Å². The van der Waals surface area contributed by atoms with E-state index in [0.717, 1.165) is 29.1 Å². The maximum Gasteiger partial charge on any atom is 0.107 e. The molecule has 1 aliphatic rings. The number of hydrogen-bond donors (Lipinski definition) is 1. The smallest absolute Gasteiger partial charge is 0.107 e. The highest BCUT2D eigenvalue weighted by Gasteiger charge is 2.29. The Hall–Kier alpha value is -1.94. The lowest BCUT2D eigenvalue weighted by Gasteiger charge is -2.28. The standard InChI is InChI=1S/C17H19N3S/c1-10-8-15(16(17(18)21)12(3)19-10)20-11(2)9-13-6-4-5-7-14(13)20/h4-8,11H,9H2,1-3H3,(H2,18,21). The Morgan fingerprint density at radius 3 is 2.71 bits per heavy atom. The van der Waals surface area contributed by atoms with Gasteiger partial charge in [0.15, 0.2) is 0 Å². The Balaban J connectivity index is 2.23. The van der Waals surface area contributed by atoms with Crippen molar-refractivity contribution in [3.05, 3.63) is 52.8 Å². The largest absolute Gasteiger partial charge is 0.389 e. The molecule has 1 unspecified atom stereocenters. The Labute approximate surface area is 130 Å². The molecule has 0 aliphatic carbocycles. The molecule has 1 aliphatic heterocycles. The van der Waals surface area contributed by atoms with Gasteiger partial charge in [-0.05, 0) is 44.9 Å². The number of fused-ring (bicyclic) bond motifs is 1. The third-order valence-electron chi connectivity index (χ3n) is 4.02. The first-order valence-electron chi connectivity index (χ1n) is 7.14. The van der Waals surface area contributed by atoms with E-state index in [1.54, 1.807) is 0 Å². The van der Waals surface area contributed by atoms with Gasteiger partial charge in [-0.3, -0.25) is 4.98 Å². The number of nitrogens with zero attached hydrogens (tertiary/aromatic N) is 2. The molecular formula is C17H19N3S. The van der Waals surface area contributed by atoms with Crippen molar-refractivity contribution in [1.29, 1.82) is 0 Å². The molecule has 0 radical (unpaired) electrons. The van der Waals surface area contributed by atoms with Crippen molar-refractivity contribution in [3.63, 3.8) is 0 Å². The van der Waals surface area contributed by atoms with Gasteiger partial charge in [-0.15, -0.1) is 0 Å². The zero-order valence-corrected chi connectivity index (χ0v) is 13.4. The zero-order valence-electron chi connectivity index (χ0n) is 12.6. The normalized spacial score (nSPS) is 16.9. The minimum absolute atomic E-state index is 0.386. The highest BCUT2D eigenvalue weighted by Crippen LogP contribution is 2.40. The van der Waals surface area contributed by atoms with Gasteiger partial charge in [0.2, 0.25) is 0 Å². The van der Waals surface area contributed by atoms with E-state index in [-0.39, 0.29) is 0 Å². The van der Waals surface area contributed by atoms with Crippen LogP contribution in [-0.2, 0) is 6.42 Å². The van der Waals surface area contributed by atoms with Crippen molar-refractivity contribution < 1.29 is 0 Å². The first-order chi connectivity index (χ1) is 9.99. The molecule has 0 amide bonds. The zero-order chi connectivity index (χ0) is 15.1. The molecular weight excluding hydrogens is 278 g/mol. The molecule has 1 atom stereocenters. The molecule has 2 aromatic rings. The van der Waals surface area contributed by atoms with Crippen molar-refractivity contribution in [1.82, 2.24) is 4.98 Å². The summed E-state index contributed by atoms with van der Waals surface area (Å²) in [5.74, 6) is 0. The average molecular weight is 297 g/mol. The van der Waals surface area contributed by atoms with Crippen LogP contribution in [0.4, 0.5) is 11.4 Å². The van der Waals surface area contributed by atoms with E-state index in [0.29, 0.717) is 11.0 Å². The second-order valence-electron chi connectivity index (χ2n) is 5.66. The average Bonchev–Trinajstić information content (AvgIpc) is 2.72. The topological polar surface area (TPSA) is 42.1 Å². The first kappa shape index (κ1) is 14.0. The molecule has 108 valence electrons. The molecule has 0 saturated carbocycles. The maximum absolute atomic E-state index is 5.96. The molecule has 1 aromatic heterocycles. The monoisotopic (exact) mass is 297 g/mol. The van der Waals surface area contributed by atoms with Gasteiger partial charge in [-0.1, -0.05) is 30.4 Å². The van der Waals surface area contributed by atoms with E-state index >= 15 is 0 Å². The third kappa shape index (κ3) is 2.29. The Bertz CT molecular complexity index is 724. The lowest BCUT2D eigenvalue weighted by Crippen LogP contribution is -2.28. The molecule has 0 spiro atoms. The summed E-state index contributed by atoms with van der Waals surface area (Å²) in [7, 11) is 0. The number of aromatic nitrogens is 1. The van der Waals surface area contributed by atoms with E-state index in [9.17, 15) is 0 Å². The molecule has 0 bridgehead atoms. The molecule has 21 heavy (non-hydrogen) atoms. The van der Waals surface area contributed by atoms with Crippen LogP contribution in [0.15, 0.2) is 30.3 Å². The Morgan fingerprint density at radius 2 is 2.00 bits per heavy atom. The van der Waals surface area contributed by atoms with Gasteiger partial charge in [0.25, 0.3) is 0 Å². The van der Waals surface area contributed by atoms with E-state index in [2.05, 4.69) is 47.1 Å². The van der Waals surface area contributed by atoms with Crippen LogP contribution >= 0.6 is 12.2 Å². The maximum atomic E-state index is 5.96. The van der Waals surface area contributed by atoms with Gasteiger partial charge < -0.3 is 10.6 Å². The Morgan fingerprint density at radius 1 is 1.29 bits per heavy atom. The van der Waals surface area contributed by atoms with E-state index in [4.69, 9.17) is 18.0 Å². The van der Waals surface area contributed by atoms with Gasteiger partial charge in [-0.2, -0.15) is 0 Å². The number of nitrogens with two attached hydrogens (primary N) is 1. The summed E-state index contributed by atoms with van der Waals surface area (Å²) >= 11 is 5.26. The number of thiocarbonyl (C=S) groups is 1. The van der Waals surface area contributed by atoms with Gasteiger partial charge in [0.05, 0.1) is 11.3 Å². The third-order valence-corrected chi connectivity index (χ3v) is 4.22. The van der Waals surface area contributed by atoms with Gasteiger partial charge in [0, 0.05) is 23.1 Å².